The highest BCUT2D eigenvalue weighted by atomic mass is 16.1. The first-order chi connectivity index (χ1) is 13.6. The van der Waals surface area contributed by atoms with Crippen LogP contribution in [0.15, 0.2) is 59.6 Å². The summed E-state index contributed by atoms with van der Waals surface area (Å²) in [6, 6.07) is 18.9. The van der Waals surface area contributed by atoms with Crippen molar-refractivity contribution in [3.8, 4) is 0 Å². The molecular weight excluding hydrogens is 350 g/mol. The molecule has 28 heavy (non-hydrogen) atoms. The summed E-state index contributed by atoms with van der Waals surface area (Å²) in [7, 11) is 1.81. The van der Waals surface area contributed by atoms with Crippen LogP contribution in [0, 0.1) is 0 Å². The monoisotopic (exact) mass is 379 g/mol. The molecule has 6 nitrogen and oxygen atoms in total. The van der Waals surface area contributed by atoms with Crippen molar-refractivity contribution in [2.75, 3.05) is 36.9 Å². The lowest BCUT2D eigenvalue weighted by Crippen LogP contribution is -2.45. The number of carbonyl (C=O) groups excluding carboxylic acids is 1. The Hall–Kier alpha value is -3.02. The fourth-order valence-corrected chi connectivity index (χ4v) is 3.42. The summed E-state index contributed by atoms with van der Waals surface area (Å²) in [6.07, 6.45) is 1.99. The summed E-state index contributed by atoms with van der Waals surface area (Å²) in [6.45, 7) is 4.35. The van der Waals surface area contributed by atoms with Gasteiger partial charge in [0.1, 0.15) is 0 Å². The highest BCUT2D eigenvalue weighted by Gasteiger charge is 2.23. The third kappa shape index (κ3) is 5.74. The van der Waals surface area contributed by atoms with Gasteiger partial charge in [-0.05, 0) is 42.7 Å². The van der Waals surface area contributed by atoms with Crippen molar-refractivity contribution in [1.82, 2.24) is 10.6 Å². The molecule has 0 aliphatic carbocycles. The first kappa shape index (κ1) is 19.7. The number of hydrogen-bond acceptors (Lipinski definition) is 3. The Labute approximate surface area is 167 Å². The Kier molecular flexibility index (Phi) is 6.89. The second-order valence-electron chi connectivity index (χ2n) is 7.04. The number of rotatable bonds is 6. The van der Waals surface area contributed by atoms with E-state index in [9.17, 15) is 4.79 Å². The van der Waals surface area contributed by atoms with Crippen LogP contribution in [0.3, 0.4) is 0 Å². The SMILES string of the molecule is CN=C(NCCc1ccc(NC(C)=O)cc1)NC1CCN(c2ccccc2)C1. The van der Waals surface area contributed by atoms with Gasteiger partial charge < -0.3 is 20.9 Å². The maximum absolute atomic E-state index is 11.1. The molecule has 0 saturated carbocycles. The Balaban J connectivity index is 1.42. The summed E-state index contributed by atoms with van der Waals surface area (Å²) in [5.74, 6) is 0.789. The maximum Gasteiger partial charge on any atom is 0.221 e. The Morgan fingerprint density at radius 3 is 2.57 bits per heavy atom. The van der Waals surface area contributed by atoms with Gasteiger partial charge in [0.2, 0.25) is 5.91 Å². The van der Waals surface area contributed by atoms with Gasteiger partial charge in [-0.3, -0.25) is 9.79 Å². The van der Waals surface area contributed by atoms with Gasteiger partial charge in [0.15, 0.2) is 5.96 Å². The van der Waals surface area contributed by atoms with Crippen LogP contribution in [-0.2, 0) is 11.2 Å². The van der Waals surface area contributed by atoms with E-state index < -0.39 is 0 Å². The normalized spacial score (nSPS) is 16.7. The summed E-state index contributed by atoms with van der Waals surface area (Å²) in [4.78, 5) is 17.8. The third-order valence-corrected chi connectivity index (χ3v) is 4.85. The summed E-state index contributed by atoms with van der Waals surface area (Å²) >= 11 is 0. The Morgan fingerprint density at radius 2 is 1.89 bits per heavy atom. The van der Waals surface area contributed by atoms with Crippen molar-refractivity contribution in [3.63, 3.8) is 0 Å². The lowest BCUT2D eigenvalue weighted by atomic mass is 10.1. The van der Waals surface area contributed by atoms with E-state index in [0.29, 0.717) is 6.04 Å². The summed E-state index contributed by atoms with van der Waals surface area (Å²) in [5, 5.41) is 9.71. The topological polar surface area (TPSA) is 68.8 Å². The maximum atomic E-state index is 11.1. The van der Waals surface area contributed by atoms with E-state index >= 15 is 0 Å². The number of anilines is 2. The number of carbonyl (C=O) groups is 1. The number of guanidine groups is 1. The zero-order valence-corrected chi connectivity index (χ0v) is 16.6. The molecule has 0 aromatic heterocycles. The Bertz CT molecular complexity index is 788. The number of nitrogens with zero attached hydrogens (tertiary/aromatic N) is 2. The highest BCUT2D eigenvalue weighted by Crippen LogP contribution is 2.19. The minimum Gasteiger partial charge on any atom is -0.369 e. The van der Waals surface area contributed by atoms with E-state index in [2.05, 4.69) is 56.2 Å². The average Bonchev–Trinajstić information content (AvgIpc) is 3.17. The first-order valence-corrected chi connectivity index (χ1v) is 9.78. The van der Waals surface area contributed by atoms with E-state index in [-0.39, 0.29) is 5.91 Å². The number of hydrogen-bond donors (Lipinski definition) is 3. The fourth-order valence-electron chi connectivity index (χ4n) is 3.42. The quantitative estimate of drug-likeness (QED) is 0.533. The highest BCUT2D eigenvalue weighted by molar-refractivity contribution is 5.88. The first-order valence-electron chi connectivity index (χ1n) is 9.78. The van der Waals surface area contributed by atoms with Crippen LogP contribution in [0.1, 0.15) is 18.9 Å². The smallest absolute Gasteiger partial charge is 0.221 e. The van der Waals surface area contributed by atoms with Crippen molar-refractivity contribution in [2.24, 2.45) is 4.99 Å². The molecule has 2 aromatic rings. The molecule has 0 spiro atoms. The molecule has 1 aliphatic heterocycles. The van der Waals surface area contributed by atoms with Gasteiger partial charge in [0, 0.05) is 51.0 Å². The number of aliphatic imine (C=N–C) groups is 1. The molecule has 1 fully saturated rings. The van der Waals surface area contributed by atoms with Gasteiger partial charge in [-0.25, -0.2) is 0 Å². The molecule has 1 atom stereocenters. The number of para-hydroxylation sites is 1. The molecule has 1 heterocycles. The van der Waals surface area contributed by atoms with Crippen LogP contribution < -0.4 is 20.9 Å². The standard InChI is InChI=1S/C22H29N5O/c1-17(28)25-19-10-8-18(9-11-19)12-14-24-22(23-2)26-20-13-15-27(16-20)21-6-4-3-5-7-21/h3-11,20H,12-16H2,1-2H3,(H,25,28)(H2,23,24,26). The zero-order chi connectivity index (χ0) is 19.8. The number of nitrogens with one attached hydrogen (secondary N) is 3. The second-order valence-corrected chi connectivity index (χ2v) is 7.04. The minimum atomic E-state index is -0.0537. The van der Waals surface area contributed by atoms with Gasteiger partial charge in [-0.15, -0.1) is 0 Å². The fraction of sp³-hybridized carbons (Fsp3) is 0.364. The van der Waals surface area contributed by atoms with Crippen LogP contribution in [0.4, 0.5) is 11.4 Å². The van der Waals surface area contributed by atoms with Gasteiger partial charge in [0.05, 0.1) is 0 Å². The molecule has 1 amide bonds. The lowest BCUT2D eigenvalue weighted by Gasteiger charge is -2.20. The number of benzene rings is 2. The van der Waals surface area contributed by atoms with Gasteiger partial charge in [-0.1, -0.05) is 30.3 Å². The third-order valence-electron chi connectivity index (χ3n) is 4.85. The zero-order valence-electron chi connectivity index (χ0n) is 16.6. The second kappa shape index (κ2) is 9.78. The minimum absolute atomic E-state index is 0.0537. The van der Waals surface area contributed by atoms with Crippen molar-refractivity contribution in [1.29, 1.82) is 0 Å². The summed E-state index contributed by atoms with van der Waals surface area (Å²) in [5.41, 5.74) is 3.32. The van der Waals surface area contributed by atoms with Crippen LogP contribution in [0.25, 0.3) is 0 Å². The molecule has 2 aromatic carbocycles. The van der Waals surface area contributed by atoms with E-state index in [4.69, 9.17) is 0 Å². The van der Waals surface area contributed by atoms with E-state index in [1.54, 1.807) is 0 Å². The molecule has 1 aliphatic rings. The van der Waals surface area contributed by atoms with Crippen molar-refractivity contribution < 1.29 is 4.79 Å². The molecule has 6 heteroatoms. The van der Waals surface area contributed by atoms with Crippen LogP contribution in [-0.4, -0.2) is 44.6 Å². The van der Waals surface area contributed by atoms with Gasteiger partial charge in [-0.2, -0.15) is 0 Å². The van der Waals surface area contributed by atoms with Crippen molar-refractivity contribution in [3.05, 3.63) is 60.2 Å². The average molecular weight is 380 g/mol. The van der Waals surface area contributed by atoms with Crippen LogP contribution >= 0.6 is 0 Å². The lowest BCUT2D eigenvalue weighted by molar-refractivity contribution is -0.114. The van der Waals surface area contributed by atoms with E-state index in [1.165, 1.54) is 18.2 Å². The van der Waals surface area contributed by atoms with Gasteiger partial charge >= 0.3 is 0 Å². The van der Waals surface area contributed by atoms with Crippen LogP contribution in [0.5, 0.6) is 0 Å². The molecule has 0 radical (unpaired) electrons. The predicted octanol–water partition coefficient (Wildman–Crippen LogP) is 2.63. The molecule has 1 saturated heterocycles. The van der Waals surface area contributed by atoms with E-state index in [1.807, 2.05) is 31.3 Å². The molecule has 3 N–H and O–H groups in total. The Morgan fingerprint density at radius 1 is 1.14 bits per heavy atom. The molecule has 1 unspecified atom stereocenters. The van der Waals surface area contributed by atoms with E-state index in [0.717, 1.165) is 44.1 Å². The van der Waals surface area contributed by atoms with Crippen LogP contribution in [0.2, 0.25) is 0 Å². The van der Waals surface area contributed by atoms with Gasteiger partial charge in [0.25, 0.3) is 0 Å². The summed E-state index contributed by atoms with van der Waals surface area (Å²) < 4.78 is 0. The predicted molar refractivity (Wildman–Crippen MR) is 116 cm³/mol. The molecule has 0 bridgehead atoms. The number of amides is 1. The van der Waals surface area contributed by atoms with Crippen molar-refractivity contribution in [2.45, 2.75) is 25.8 Å². The molecule has 3 rings (SSSR count). The van der Waals surface area contributed by atoms with Crippen molar-refractivity contribution >= 4 is 23.2 Å². The molecular formula is C22H29N5O. The molecule has 148 valence electrons. The largest absolute Gasteiger partial charge is 0.369 e.